The normalized spacial score (nSPS) is 24.2. The van der Waals surface area contributed by atoms with Crippen LogP contribution < -0.4 is 0 Å². The van der Waals surface area contributed by atoms with Crippen LogP contribution in [-0.4, -0.2) is 0 Å². The summed E-state index contributed by atoms with van der Waals surface area (Å²) < 4.78 is 0. The Balaban J connectivity index is 2.56. The monoisotopic (exact) mass is 130 g/mol. The van der Waals surface area contributed by atoms with Crippen LogP contribution in [-0.2, 0) is 0 Å². The van der Waals surface area contributed by atoms with Gasteiger partial charge in [0.15, 0.2) is 0 Å². The van der Waals surface area contributed by atoms with Gasteiger partial charge in [-0.1, -0.05) is 12.0 Å². The number of hydrogen-bond donors (Lipinski definition) is 0. The van der Waals surface area contributed by atoms with E-state index in [4.69, 9.17) is 12.8 Å². The molecule has 0 heterocycles. The third-order valence-electron chi connectivity index (χ3n) is 1.83. The Bertz CT molecular complexity index is 219. The van der Waals surface area contributed by atoms with Gasteiger partial charge in [-0.3, -0.25) is 0 Å². The molecule has 1 aliphatic carbocycles. The third-order valence-corrected chi connectivity index (χ3v) is 1.83. The average Bonchev–Trinajstić information content (AvgIpc) is 2.05. The van der Waals surface area contributed by atoms with Crippen molar-refractivity contribution in [3.8, 4) is 24.7 Å². The van der Waals surface area contributed by atoms with Gasteiger partial charge in [0.25, 0.3) is 0 Å². The molecule has 0 amide bonds. The molecule has 0 heteroatoms. The summed E-state index contributed by atoms with van der Waals surface area (Å²) in [6.45, 7) is 0. The minimum Gasteiger partial charge on any atom is -0.120 e. The summed E-state index contributed by atoms with van der Waals surface area (Å²) in [6, 6.07) is 0. The second-order valence-corrected chi connectivity index (χ2v) is 2.51. The molecule has 0 saturated carbocycles. The first-order valence-corrected chi connectivity index (χ1v) is 3.48. The van der Waals surface area contributed by atoms with Crippen molar-refractivity contribution in [2.24, 2.45) is 5.92 Å². The van der Waals surface area contributed by atoms with E-state index in [0.29, 0.717) is 5.92 Å². The van der Waals surface area contributed by atoms with Gasteiger partial charge in [0.2, 0.25) is 0 Å². The van der Waals surface area contributed by atoms with E-state index in [0.717, 1.165) is 24.8 Å². The maximum absolute atomic E-state index is 5.26. The minimum atomic E-state index is 0.428. The van der Waals surface area contributed by atoms with Crippen molar-refractivity contribution in [2.75, 3.05) is 0 Å². The smallest absolute Gasteiger partial charge is 0.0238 e. The van der Waals surface area contributed by atoms with Gasteiger partial charge in [0, 0.05) is 5.92 Å². The molecule has 0 aromatic carbocycles. The van der Waals surface area contributed by atoms with Gasteiger partial charge < -0.3 is 0 Å². The number of terminal acetylenes is 2. The average molecular weight is 130 g/mol. The number of allylic oxidation sites excluding steroid dienone is 2. The molecule has 0 radical (unpaired) electrons. The zero-order valence-corrected chi connectivity index (χ0v) is 5.93. The number of rotatable bonds is 0. The van der Waals surface area contributed by atoms with Crippen LogP contribution >= 0.6 is 0 Å². The first-order valence-electron chi connectivity index (χ1n) is 3.48. The van der Waals surface area contributed by atoms with Gasteiger partial charge in [-0.25, -0.2) is 0 Å². The minimum absolute atomic E-state index is 0.428. The Hall–Kier alpha value is -1.14. The van der Waals surface area contributed by atoms with Gasteiger partial charge in [-0.05, 0) is 24.8 Å². The summed E-state index contributed by atoms with van der Waals surface area (Å²) in [6.07, 6.45) is 15.6. The molecule has 0 bridgehead atoms. The highest BCUT2D eigenvalue weighted by Gasteiger charge is 2.09. The van der Waals surface area contributed by atoms with Crippen LogP contribution in [0, 0.1) is 30.6 Å². The van der Waals surface area contributed by atoms with E-state index < -0.39 is 0 Å². The standard InChI is InChI=1S/C10H10/c1-3-9-5-7-10(4-2)8-6-9/h1-2,5,10H,6-8H2/t10-/m1/s1. The Kier molecular flexibility index (Phi) is 2.19. The van der Waals surface area contributed by atoms with Crippen LogP contribution in [0.1, 0.15) is 19.3 Å². The van der Waals surface area contributed by atoms with Crippen LogP contribution in [0.4, 0.5) is 0 Å². The van der Waals surface area contributed by atoms with Crippen molar-refractivity contribution in [3.63, 3.8) is 0 Å². The van der Waals surface area contributed by atoms with E-state index in [1.165, 1.54) is 0 Å². The maximum atomic E-state index is 5.26. The molecule has 1 rings (SSSR count). The van der Waals surface area contributed by atoms with Gasteiger partial charge >= 0.3 is 0 Å². The van der Waals surface area contributed by atoms with Crippen molar-refractivity contribution in [3.05, 3.63) is 11.6 Å². The third kappa shape index (κ3) is 1.42. The predicted molar refractivity (Wildman–Crippen MR) is 43.1 cm³/mol. The predicted octanol–water partition coefficient (Wildman–Crippen LogP) is 1.98. The first-order chi connectivity index (χ1) is 4.86. The molecule has 0 unspecified atom stereocenters. The zero-order valence-electron chi connectivity index (χ0n) is 5.93. The van der Waals surface area contributed by atoms with E-state index in [1.807, 2.05) is 0 Å². The largest absolute Gasteiger partial charge is 0.120 e. The van der Waals surface area contributed by atoms with E-state index in [9.17, 15) is 0 Å². The summed E-state index contributed by atoms with van der Waals surface area (Å²) >= 11 is 0. The molecule has 0 fully saturated rings. The summed E-state index contributed by atoms with van der Waals surface area (Å²) in [5, 5.41) is 0. The first kappa shape index (κ1) is 6.97. The fourth-order valence-corrected chi connectivity index (χ4v) is 1.12. The molecule has 0 nitrogen and oxygen atoms in total. The van der Waals surface area contributed by atoms with Gasteiger partial charge in [-0.2, -0.15) is 0 Å². The van der Waals surface area contributed by atoms with Gasteiger partial charge in [0.1, 0.15) is 0 Å². The SMILES string of the molecule is C#CC1=CC[C@@H](C#C)CC1. The molecule has 1 atom stereocenters. The van der Waals surface area contributed by atoms with E-state index in [2.05, 4.69) is 17.9 Å². The lowest BCUT2D eigenvalue weighted by atomic mass is 9.91. The second-order valence-electron chi connectivity index (χ2n) is 2.51. The van der Waals surface area contributed by atoms with Crippen LogP contribution in [0.25, 0.3) is 0 Å². The Labute approximate surface area is 62.3 Å². The Morgan fingerprint density at radius 3 is 2.70 bits per heavy atom. The zero-order chi connectivity index (χ0) is 7.40. The second kappa shape index (κ2) is 3.14. The molecule has 0 saturated heterocycles. The van der Waals surface area contributed by atoms with Crippen molar-refractivity contribution in [1.29, 1.82) is 0 Å². The lowest BCUT2D eigenvalue weighted by molar-refractivity contribution is 0.594. The summed E-state index contributed by atoms with van der Waals surface area (Å²) in [5.41, 5.74) is 1.12. The van der Waals surface area contributed by atoms with Crippen LogP contribution in [0.2, 0.25) is 0 Å². The van der Waals surface area contributed by atoms with Crippen LogP contribution in [0.15, 0.2) is 11.6 Å². The highest BCUT2D eigenvalue weighted by atomic mass is 14.1. The van der Waals surface area contributed by atoms with Crippen molar-refractivity contribution in [1.82, 2.24) is 0 Å². The quantitative estimate of drug-likeness (QED) is 0.440. The van der Waals surface area contributed by atoms with Crippen LogP contribution in [0.5, 0.6) is 0 Å². The molecule has 1 aliphatic rings. The van der Waals surface area contributed by atoms with Gasteiger partial charge in [-0.15, -0.1) is 18.8 Å². The molecule has 0 aliphatic heterocycles. The van der Waals surface area contributed by atoms with Crippen molar-refractivity contribution < 1.29 is 0 Å². The highest BCUT2D eigenvalue weighted by molar-refractivity contribution is 5.27. The topological polar surface area (TPSA) is 0 Å². The fourth-order valence-electron chi connectivity index (χ4n) is 1.12. The van der Waals surface area contributed by atoms with Gasteiger partial charge in [0.05, 0.1) is 0 Å². The molecule has 0 aromatic heterocycles. The molecule has 0 aromatic rings. The van der Waals surface area contributed by atoms with E-state index >= 15 is 0 Å². The van der Waals surface area contributed by atoms with E-state index in [-0.39, 0.29) is 0 Å². The highest BCUT2D eigenvalue weighted by Crippen LogP contribution is 2.21. The molecular weight excluding hydrogens is 120 g/mol. The molecule has 50 valence electrons. The van der Waals surface area contributed by atoms with E-state index in [1.54, 1.807) is 0 Å². The van der Waals surface area contributed by atoms with Crippen molar-refractivity contribution >= 4 is 0 Å². The molecule has 0 N–H and O–H groups in total. The Morgan fingerprint density at radius 1 is 1.50 bits per heavy atom. The molecule has 10 heavy (non-hydrogen) atoms. The maximum Gasteiger partial charge on any atom is 0.0238 e. The fraction of sp³-hybridized carbons (Fsp3) is 0.400. The Morgan fingerprint density at radius 2 is 2.30 bits per heavy atom. The molecule has 0 spiro atoms. The van der Waals surface area contributed by atoms with Crippen molar-refractivity contribution in [2.45, 2.75) is 19.3 Å². The number of hydrogen-bond acceptors (Lipinski definition) is 0. The summed E-state index contributed by atoms with van der Waals surface area (Å²) in [4.78, 5) is 0. The van der Waals surface area contributed by atoms with Crippen LogP contribution in [0.3, 0.4) is 0 Å². The molecular formula is C10H10. The summed E-state index contributed by atoms with van der Waals surface area (Å²) in [7, 11) is 0. The summed E-state index contributed by atoms with van der Waals surface area (Å²) in [5.74, 6) is 5.80. The lowest BCUT2D eigenvalue weighted by Gasteiger charge is -2.13. The lowest BCUT2D eigenvalue weighted by Crippen LogP contribution is -2.01.